The summed E-state index contributed by atoms with van der Waals surface area (Å²) in [5, 5.41) is 41.6. The van der Waals surface area contributed by atoms with Gasteiger partial charge in [0.25, 0.3) is 0 Å². The largest absolute Gasteiger partial charge is 0.377 e. The van der Waals surface area contributed by atoms with Crippen molar-refractivity contribution in [1.29, 1.82) is 0 Å². The van der Waals surface area contributed by atoms with Crippen LogP contribution in [0, 0.1) is 25.7 Å². The number of nitrogens with zero attached hydrogens (tertiary/aromatic N) is 1. The van der Waals surface area contributed by atoms with Crippen LogP contribution < -0.4 is 48.7 Å². The average Bonchev–Trinajstić information content (AvgIpc) is 3.81. The van der Waals surface area contributed by atoms with Gasteiger partial charge in [0.05, 0.1) is 30.7 Å². The van der Waals surface area contributed by atoms with Crippen molar-refractivity contribution < 1.29 is 48.6 Å². The first-order valence-corrected chi connectivity index (χ1v) is 24.8. The highest BCUT2D eigenvalue weighted by molar-refractivity contribution is 5.95. The van der Waals surface area contributed by atoms with E-state index in [1.807, 2.05) is 52.0 Å². The molecule has 0 saturated carbocycles. The minimum absolute atomic E-state index is 0.00249. The van der Waals surface area contributed by atoms with E-state index in [1.165, 1.54) is 11.8 Å². The third kappa shape index (κ3) is 19.4. The monoisotopic (exact) mass is 993 g/mol. The Bertz CT molecular complexity index is 2100. The van der Waals surface area contributed by atoms with Crippen LogP contribution in [0.4, 0.5) is 0 Å². The van der Waals surface area contributed by atoms with Gasteiger partial charge in [-0.25, -0.2) is 0 Å². The Morgan fingerprint density at radius 1 is 0.704 bits per heavy atom. The standard InChI is InChI=1S/C51H80N10O10/c1-10-36(44(53)64)55-50(70)43(29(5)6)60-42(63)27-54-45(65)39(25-33-18-14-30(7)15-19-33)58-48(68)40(26-34-20-16-31(8)17-21-34)59-47(67)38(24-32(9)62)57-46(66)37(11-2)56-49(69)41-13-12-22-61(41)51(71)35(52)23-28(3)4/h14-21,28-29,35-43,46,57,60,63,66H,10-13,22-27,52H2,1-9H3,(H2,53,64)(H,54,65)(H,55,70)(H,56,69)(H,58,68)(H,59,67)/t35-,36-,37-,38-,39-,40-,41-,42+,43-,46+/m0/s1. The molecule has 0 spiro atoms. The van der Waals surface area contributed by atoms with E-state index in [-0.39, 0.29) is 43.4 Å². The van der Waals surface area contributed by atoms with Crippen LogP contribution in [0.25, 0.3) is 0 Å². The van der Waals surface area contributed by atoms with Gasteiger partial charge in [0.1, 0.15) is 42.4 Å². The second kappa shape index (κ2) is 28.9. The van der Waals surface area contributed by atoms with E-state index in [4.69, 9.17) is 11.5 Å². The first-order chi connectivity index (χ1) is 33.4. The normalized spacial score (nSPS) is 17.4. The van der Waals surface area contributed by atoms with Crippen LogP contribution in [0.3, 0.4) is 0 Å². The predicted octanol–water partition coefficient (Wildman–Crippen LogP) is 0.00204. The lowest BCUT2D eigenvalue weighted by Gasteiger charge is -2.31. The summed E-state index contributed by atoms with van der Waals surface area (Å²) in [5.74, 6) is -4.97. The van der Waals surface area contributed by atoms with Crippen LogP contribution in [0.15, 0.2) is 48.5 Å². The average molecular weight is 993 g/mol. The summed E-state index contributed by atoms with van der Waals surface area (Å²) in [5.41, 5.74) is 14.8. The van der Waals surface area contributed by atoms with Gasteiger partial charge in [0, 0.05) is 25.8 Å². The lowest BCUT2D eigenvalue weighted by atomic mass is 10.0. The number of benzene rings is 2. The Morgan fingerprint density at radius 3 is 1.70 bits per heavy atom. The molecule has 20 nitrogen and oxygen atoms in total. The molecule has 3 rings (SSSR count). The highest BCUT2D eigenvalue weighted by Crippen LogP contribution is 2.21. The van der Waals surface area contributed by atoms with Crippen LogP contribution in [0.1, 0.15) is 109 Å². The molecule has 7 amide bonds. The summed E-state index contributed by atoms with van der Waals surface area (Å²) >= 11 is 0. The SMILES string of the molecule is CC[C@H](NC(=O)[C@@H](N[C@H](O)CNC(=O)[C@H](Cc1ccc(C)cc1)NC(=O)[C@H](Cc1ccc(C)cc1)NC(=O)[C@H](CC(C)=O)N[C@H](O)[C@H](CC)NC(=O)[C@@H]1CCCN1C(=O)[C@@H](N)CC(C)C)C(C)C)C(N)=O. The minimum Gasteiger partial charge on any atom is -0.377 e. The quantitative estimate of drug-likeness (QED) is 0.0479. The fourth-order valence-electron chi connectivity index (χ4n) is 8.32. The number of aryl methyl sites for hydroxylation is 2. The highest BCUT2D eigenvalue weighted by Gasteiger charge is 2.39. The Hall–Kier alpha value is -5.80. The summed E-state index contributed by atoms with van der Waals surface area (Å²) in [7, 11) is 0. The lowest BCUT2D eigenvalue weighted by molar-refractivity contribution is -0.140. The van der Waals surface area contributed by atoms with Crippen molar-refractivity contribution in [1.82, 2.24) is 42.1 Å². The molecule has 0 unspecified atom stereocenters. The van der Waals surface area contributed by atoms with Crippen molar-refractivity contribution in [2.45, 2.75) is 174 Å². The van der Waals surface area contributed by atoms with Crippen LogP contribution in [0.5, 0.6) is 0 Å². The number of carbonyl (C=O) groups is 8. The number of nitrogens with two attached hydrogens (primary N) is 2. The van der Waals surface area contributed by atoms with Crippen molar-refractivity contribution in [3.05, 3.63) is 70.8 Å². The van der Waals surface area contributed by atoms with Gasteiger partial charge in [0.15, 0.2) is 0 Å². The molecule has 1 aliphatic rings. The number of primary amides is 1. The van der Waals surface area contributed by atoms with E-state index in [0.717, 1.165) is 11.1 Å². The zero-order chi connectivity index (χ0) is 53.1. The lowest BCUT2D eigenvalue weighted by Crippen LogP contribution is -2.61. The first kappa shape index (κ1) is 59.5. The Kier molecular flexibility index (Phi) is 24.2. The molecule has 0 aliphatic carbocycles. The zero-order valence-electron chi connectivity index (χ0n) is 42.9. The van der Waals surface area contributed by atoms with E-state index >= 15 is 0 Å². The number of hydrogen-bond acceptors (Lipinski definition) is 13. The van der Waals surface area contributed by atoms with Crippen LogP contribution in [-0.4, -0.2) is 136 Å². The van der Waals surface area contributed by atoms with E-state index < -0.39 is 115 Å². The third-order valence-corrected chi connectivity index (χ3v) is 12.5. The number of Topliss-reactive ketones (excluding diaryl/α,β-unsaturated/α-hetero) is 1. The van der Waals surface area contributed by atoms with Gasteiger partial charge in [0.2, 0.25) is 41.4 Å². The predicted molar refractivity (Wildman–Crippen MR) is 268 cm³/mol. The maximum atomic E-state index is 14.5. The second-order valence-corrected chi connectivity index (χ2v) is 19.5. The molecule has 0 aromatic heterocycles. The van der Waals surface area contributed by atoms with Crippen LogP contribution in [-0.2, 0) is 51.2 Å². The molecule has 0 bridgehead atoms. The minimum atomic E-state index is -1.56. The fourth-order valence-corrected chi connectivity index (χ4v) is 8.32. The highest BCUT2D eigenvalue weighted by atomic mass is 16.3. The molecule has 71 heavy (non-hydrogen) atoms. The number of nitrogens with one attached hydrogen (secondary N) is 7. The molecule has 13 N–H and O–H groups in total. The number of hydrogen-bond donors (Lipinski definition) is 11. The van der Waals surface area contributed by atoms with E-state index in [0.29, 0.717) is 36.9 Å². The molecule has 2 aromatic rings. The molecular formula is C51H80N10O10. The van der Waals surface area contributed by atoms with Gasteiger partial charge in [-0.2, -0.15) is 0 Å². The molecule has 1 saturated heterocycles. The second-order valence-electron chi connectivity index (χ2n) is 19.5. The van der Waals surface area contributed by atoms with Crippen molar-refractivity contribution in [3.8, 4) is 0 Å². The summed E-state index contributed by atoms with van der Waals surface area (Å²) in [6.07, 6.45) is -1.56. The topological polar surface area (TPSA) is 317 Å². The van der Waals surface area contributed by atoms with Crippen LogP contribution >= 0.6 is 0 Å². The first-order valence-electron chi connectivity index (χ1n) is 24.8. The van der Waals surface area contributed by atoms with E-state index in [1.54, 1.807) is 52.0 Å². The Labute approximate surface area is 418 Å². The zero-order valence-corrected chi connectivity index (χ0v) is 42.9. The molecular weight excluding hydrogens is 913 g/mol. The molecule has 0 radical (unpaired) electrons. The Morgan fingerprint density at radius 2 is 1.23 bits per heavy atom. The molecule has 10 atom stereocenters. The fraction of sp³-hybridized carbons (Fsp3) is 0.608. The summed E-state index contributed by atoms with van der Waals surface area (Å²) in [6.45, 7) is 15.8. The number of aliphatic hydroxyl groups excluding tert-OH is 2. The number of ketones is 1. The summed E-state index contributed by atoms with van der Waals surface area (Å²) in [4.78, 5) is 109. The van der Waals surface area contributed by atoms with E-state index in [2.05, 4.69) is 37.2 Å². The molecule has 20 heteroatoms. The maximum Gasteiger partial charge on any atom is 0.243 e. The van der Waals surface area contributed by atoms with Gasteiger partial charge in [-0.05, 0) is 75.8 Å². The number of likely N-dealkylation sites (tertiary alicyclic amines) is 1. The van der Waals surface area contributed by atoms with Crippen molar-refractivity contribution >= 4 is 47.1 Å². The van der Waals surface area contributed by atoms with Gasteiger partial charge in [-0.1, -0.05) is 101 Å². The van der Waals surface area contributed by atoms with Gasteiger partial charge >= 0.3 is 0 Å². The van der Waals surface area contributed by atoms with Gasteiger partial charge in [-0.3, -0.25) is 49.0 Å². The van der Waals surface area contributed by atoms with Crippen LogP contribution in [0.2, 0.25) is 0 Å². The molecule has 1 fully saturated rings. The van der Waals surface area contributed by atoms with Crippen molar-refractivity contribution in [3.63, 3.8) is 0 Å². The third-order valence-electron chi connectivity index (χ3n) is 12.5. The Balaban J connectivity index is 1.86. The number of amides is 7. The number of carbonyl (C=O) groups excluding carboxylic acids is 8. The number of rotatable bonds is 29. The molecule has 2 aromatic carbocycles. The van der Waals surface area contributed by atoms with Gasteiger partial charge in [-0.15, -0.1) is 0 Å². The molecule has 1 heterocycles. The van der Waals surface area contributed by atoms with Crippen molar-refractivity contribution in [2.24, 2.45) is 23.3 Å². The smallest absolute Gasteiger partial charge is 0.243 e. The van der Waals surface area contributed by atoms with Gasteiger partial charge < -0.3 is 53.2 Å². The van der Waals surface area contributed by atoms with Crippen molar-refractivity contribution in [2.75, 3.05) is 13.1 Å². The molecule has 394 valence electrons. The molecule has 1 aliphatic heterocycles. The maximum absolute atomic E-state index is 14.5. The summed E-state index contributed by atoms with van der Waals surface area (Å²) in [6, 6.07) is 6.14. The number of aliphatic hydroxyl groups is 2. The van der Waals surface area contributed by atoms with E-state index in [9.17, 15) is 48.6 Å². The summed E-state index contributed by atoms with van der Waals surface area (Å²) < 4.78 is 0.